The summed E-state index contributed by atoms with van der Waals surface area (Å²) in [7, 11) is 0. The lowest BCUT2D eigenvalue weighted by Gasteiger charge is -2.12. The van der Waals surface area contributed by atoms with Crippen LogP contribution < -0.4 is 10.9 Å². The van der Waals surface area contributed by atoms with E-state index in [2.05, 4.69) is 10.3 Å². The summed E-state index contributed by atoms with van der Waals surface area (Å²) >= 11 is 2.61. The van der Waals surface area contributed by atoms with Crippen molar-refractivity contribution in [3.63, 3.8) is 0 Å². The van der Waals surface area contributed by atoms with Gasteiger partial charge in [0.05, 0.1) is 28.8 Å². The molecule has 9 heteroatoms. The summed E-state index contributed by atoms with van der Waals surface area (Å²) < 4.78 is 6.82. The number of hydrogen-bond donors (Lipinski definition) is 1. The molecule has 0 aliphatic heterocycles. The zero-order valence-corrected chi connectivity index (χ0v) is 19.0. The monoisotopic (exact) mass is 457 g/mol. The molecule has 1 amide bonds. The number of hydrogen-bond acceptors (Lipinski definition) is 7. The highest BCUT2D eigenvalue weighted by Gasteiger charge is 2.29. The van der Waals surface area contributed by atoms with E-state index >= 15 is 0 Å². The molecular weight excluding hydrogens is 434 g/mol. The molecule has 0 bridgehead atoms. The van der Waals surface area contributed by atoms with E-state index in [1.54, 1.807) is 23.6 Å². The molecule has 0 unspecified atom stereocenters. The second-order valence-corrected chi connectivity index (χ2v) is 9.26. The molecule has 1 aliphatic rings. The minimum Gasteiger partial charge on any atom is -0.462 e. The van der Waals surface area contributed by atoms with E-state index in [4.69, 9.17) is 4.74 Å². The van der Waals surface area contributed by atoms with Crippen LogP contribution in [0.1, 0.15) is 48.0 Å². The number of nitrogens with zero attached hydrogens (tertiary/aromatic N) is 2. The number of anilines is 1. The molecule has 1 N–H and O–H groups in total. The Hall–Kier alpha value is -2.65. The second-order valence-electron chi connectivity index (χ2n) is 7.18. The molecule has 3 aromatic rings. The van der Waals surface area contributed by atoms with Crippen LogP contribution in [0, 0.1) is 0 Å². The zero-order chi connectivity index (χ0) is 22.0. The predicted octanol–water partition coefficient (Wildman–Crippen LogP) is 4.26. The summed E-state index contributed by atoms with van der Waals surface area (Å²) in [4.78, 5) is 43.5. The van der Waals surface area contributed by atoms with Crippen molar-refractivity contribution in [3.8, 4) is 0 Å². The molecule has 4 rings (SSSR count). The number of esters is 1. The molecule has 2 heterocycles. The topological polar surface area (TPSA) is 90.3 Å². The van der Waals surface area contributed by atoms with Crippen LogP contribution in [0.3, 0.4) is 0 Å². The number of carbonyl (C=O) groups is 2. The van der Waals surface area contributed by atoms with Crippen LogP contribution in [0.15, 0.2) is 40.3 Å². The van der Waals surface area contributed by atoms with Crippen LogP contribution >= 0.6 is 23.1 Å². The van der Waals surface area contributed by atoms with Gasteiger partial charge in [-0.3, -0.25) is 14.2 Å². The number of para-hydroxylation sites is 1. The third-order valence-corrected chi connectivity index (χ3v) is 7.05. The van der Waals surface area contributed by atoms with Crippen LogP contribution in [0.25, 0.3) is 10.9 Å². The lowest BCUT2D eigenvalue weighted by Crippen LogP contribution is -2.23. The Kier molecular flexibility index (Phi) is 6.43. The van der Waals surface area contributed by atoms with Gasteiger partial charge in [0.25, 0.3) is 5.56 Å². The smallest absolute Gasteiger partial charge is 0.341 e. The molecule has 1 saturated carbocycles. The molecule has 1 aliphatic carbocycles. The highest BCUT2D eigenvalue weighted by atomic mass is 32.2. The number of aryl methyl sites for hydroxylation is 1. The molecule has 7 nitrogen and oxygen atoms in total. The SMILES string of the molecule is CCOC(=O)c1cc(CC)sc1NC(=O)CSc1nc2ccccc2c(=O)n1C1CC1. The van der Waals surface area contributed by atoms with Crippen molar-refractivity contribution in [3.05, 3.63) is 51.1 Å². The highest BCUT2D eigenvalue weighted by Crippen LogP contribution is 2.37. The van der Waals surface area contributed by atoms with Crippen LogP contribution in [0.5, 0.6) is 0 Å². The minimum atomic E-state index is -0.444. The van der Waals surface area contributed by atoms with E-state index < -0.39 is 5.97 Å². The Bertz CT molecular complexity index is 1200. The molecule has 0 atom stereocenters. The van der Waals surface area contributed by atoms with Crippen molar-refractivity contribution in [2.75, 3.05) is 17.7 Å². The Morgan fingerprint density at radius 1 is 1.29 bits per heavy atom. The fourth-order valence-electron chi connectivity index (χ4n) is 3.24. The van der Waals surface area contributed by atoms with E-state index in [1.165, 1.54) is 23.1 Å². The number of fused-ring (bicyclic) bond motifs is 1. The van der Waals surface area contributed by atoms with Gasteiger partial charge < -0.3 is 10.1 Å². The van der Waals surface area contributed by atoms with Gasteiger partial charge in [-0.2, -0.15) is 0 Å². The molecule has 0 radical (unpaired) electrons. The van der Waals surface area contributed by atoms with E-state index in [0.29, 0.717) is 26.6 Å². The number of amides is 1. The first kappa shape index (κ1) is 21.6. The number of ether oxygens (including phenoxy) is 1. The maximum atomic E-state index is 12.9. The minimum absolute atomic E-state index is 0.0635. The molecule has 162 valence electrons. The maximum absolute atomic E-state index is 12.9. The van der Waals surface area contributed by atoms with Gasteiger partial charge >= 0.3 is 5.97 Å². The Labute approximate surface area is 187 Å². The van der Waals surface area contributed by atoms with Crippen LogP contribution in [-0.2, 0) is 16.0 Å². The van der Waals surface area contributed by atoms with E-state index in [-0.39, 0.29) is 29.9 Å². The van der Waals surface area contributed by atoms with E-state index in [0.717, 1.165) is 24.1 Å². The zero-order valence-electron chi connectivity index (χ0n) is 17.3. The van der Waals surface area contributed by atoms with Gasteiger partial charge in [0.15, 0.2) is 5.16 Å². The lowest BCUT2D eigenvalue weighted by atomic mass is 10.2. The first-order valence-corrected chi connectivity index (χ1v) is 12.1. The number of rotatable bonds is 8. The van der Waals surface area contributed by atoms with Gasteiger partial charge in [-0.1, -0.05) is 30.8 Å². The molecule has 0 spiro atoms. The molecule has 0 saturated heterocycles. The number of thiophene rings is 1. The third kappa shape index (κ3) is 4.67. The third-order valence-electron chi connectivity index (χ3n) is 4.90. The average Bonchev–Trinajstić information content (AvgIpc) is 3.51. The Balaban J connectivity index is 1.53. The number of benzene rings is 1. The van der Waals surface area contributed by atoms with Crippen molar-refractivity contribution in [1.82, 2.24) is 9.55 Å². The lowest BCUT2D eigenvalue weighted by molar-refractivity contribution is -0.113. The summed E-state index contributed by atoms with van der Waals surface area (Å²) in [6, 6.07) is 9.17. The van der Waals surface area contributed by atoms with Crippen molar-refractivity contribution in [1.29, 1.82) is 0 Å². The first-order chi connectivity index (χ1) is 15.0. The molecular formula is C22H23N3O4S2. The van der Waals surface area contributed by atoms with Crippen molar-refractivity contribution in [2.45, 2.75) is 44.3 Å². The number of thioether (sulfide) groups is 1. The largest absolute Gasteiger partial charge is 0.462 e. The van der Waals surface area contributed by atoms with Gasteiger partial charge in [0.1, 0.15) is 5.00 Å². The summed E-state index contributed by atoms with van der Waals surface area (Å²) in [5, 5.41) is 4.47. The van der Waals surface area contributed by atoms with Crippen LogP contribution in [0.4, 0.5) is 5.00 Å². The molecule has 1 aromatic carbocycles. The molecule has 2 aromatic heterocycles. The van der Waals surface area contributed by atoms with E-state index in [1.807, 2.05) is 25.1 Å². The molecule has 1 fully saturated rings. The van der Waals surface area contributed by atoms with Crippen LogP contribution in [0.2, 0.25) is 0 Å². The summed E-state index contributed by atoms with van der Waals surface area (Å²) in [5.41, 5.74) is 0.940. The number of carbonyl (C=O) groups excluding carboxylic acids is 2. The fourth-order valence-corrected chi connectivity index (χ4v) is 5.11. The van der Waals surface area contributed by atoms with E-state index in [9.17, 15) is 14.4 Å². The standard InChI is InChI=1S/C22H23N3O4S2/c1-3-14-11-16(21(28)29-4-2)19(31-14)24-18(26)12-30-22-23-17-8-6-5-7-15(17)20(27)25(22)13-9-10-13/h5-8,11,13H,3-4,9-10,12H2,1-2H3,(H,24,26). The highest BCUT2D eigenvalue weighted by molar-refractivity contribution is 7.99. The normalized spacial score (nSPS) is 13.4. The summed E-state index contributed by atoms with van der Waals surface area (Å²) in [6.45, 7) is 4.01. The number of nitrogens with one attached hydrogen (secondary N) is 1. The maximum Gasteiger partial charge on any atom is 0.341 e. The summed E-state index contributed by atoms with van der Waals surface area (Å²) in [6.07, 6.45) is 2.64. The molecule has 31 heavy (non-hydrogen) atoms. The van der Waals surface area contributed by atoms with Crippen molar-refractivity contribution < 1.29 is 14.3 Å². The fraction of sp³-hybridized carbons (Fsp3) is 0.364. The van der Waals surface area contributed by atoms with Gasteiger partial charge in [-0.05, 0) is 44.4 Å². The average molecular weight is 458 g/mol. The first-order valence-electron chi connectivity index (χ1n) is 10.3. The summed E-state index contributed by atoms with van der Waals surface area (Å²) in [5.74, 6) is -0.621. The van der Waals surface area contributed by atoms with Crippen molar-refractivity contribution >= 4 is 50.9 Å². The Morgan fingerprint density at radius 3 is 2.77 bits per heavy atom. The predicted molar refractivity (Wildman–Crippen MR) is 123 cm³/mol. The second kappa shape index (κ2) is 9.23. The number of aromatic nitrogens is 2. The Morgan fingerprint density at radius 2 is 2.06 bits per heavy atom. The van der Waals surface area contributed by atoms with Crippen molar-refractivity contribution in [2.24, 2.45) is 0 Å². The van der Waals surface area contributed by atoms with Gasteiger partial charge in [-0.25, -0.2) is 9.78 Å². The quantitative estimate of drug-likeness (QED) is 0.309. The van der Waals surface area contributed by atoms with Gasteiger partial charge in [0, 0.05) is 10.9 Å². The van der Waals surface area contributed by atoms with Crippen LogP contribution in [-0.4, -0.2) is 33.8 Å². The van der Waals surface area contributed by atoms with Gasteiger partial charge in [0.2, 0.25) is 5.91 Å². The van der Waals surface area contributed by atoms with Gasteiger partial charge in [-0.15, -0.1) is 11.3 Å².